The van der Waals surface area contributed by atoms with E-state index in [-0.39, 0.29) is 11.9 Å². The van der Waals surface area contributed by atoms with Gasteiger partial charge in [-0.05, 0) is 24.8 Å². The third-order valence-corrected chi connectivity index (χ3v) is 7.08. The Morgan fingerprint density at radius 1 is 1.36 bits per heavy atom. The summed E-state index contributed by atoms with van der Waals surface area (Å²) in [5.74, 6) is 0.00362. The highest BCUT2D eigenvalue weighted by Gasteiger charge is 2.29. The van der Waals surface area contributed by atoms with E-state index in [1.54, 1.807) is 17.5 Å². The Morgan fingerprint density at radius 3 is 2.59 bits per heavy atom. The number of thiophene rings is 1. The maximum atomic E-state index is 12.4. The zero-order valence-corrected chi connectivity index (χ0v) is 14.6. The topological polar surface area (TPSA) is 69.7 Å². The normalized spacial score (nSPS) is 19.0. The molecule has 1 N–H and O–H groups in total. The summed E-state index contributed by atoms with van der Waals surface area (Å²) in [7, 11) is -3.37. The van der Waals surface area contributed by atoms with Crippen molar-refractivity contribution in [2.45, 2.75) is 30.5 Å². The van der Waals surface area contributed by atoms with E-state index in [1.165, 1.54) is 15.6 Å². The first-order valence-electron chi connectivity index (χ1n) is 7.49. The van der Waals surface area contributed by atoms with E-state index < -0.39 is 10.0 Å². The third-order valence-electron chi connectivity index (χ3n) is 3.81. The van der Waals surface area contributed by atoms with Crippen molar-refractivity contribution in [2.24, 2.45) is 0 Å². The molecule has 22 heavy (non-hydrogen) atoms. The van der Waals surface area contributed by atoms with Crippen LogP contribution in [0.2, 0.25) is 0 Å². The monoisotopic (exact) mass is 345 g/mol. The zero-order chi connectivity index (χ0) is 16.2. The minimum absolute atomic E-state index is 0.00362. The molecule has 0 spiro atoms. The molecule has 6 nitrogen and oxygen atoms in total. The molecule has 1 unspecified atom stereocenters. The number of piperazine rings is 1. The maximum absolute atomic E-state index is 12.4. The summed E-state index contributed by atoms with van der Waals surface area (Å²) in [5.41, 5.74) is 0. The molecule has 1 aromatic heterocycles. The lowest BCUT2D eigenvalue weighted by molar-refractivity contribution is -0.123. The van der Waals surface area contributed by atoms with Gasteiger partial charge in [-0.2, -0.15) is 4.31 Å². The van der Waals surface area contributed by atoms with E-state index in [0.717, 1.165) is 6.42 Å². The lowest BCUT2D eigenvalue weighted by Crippen LogP contribution is -2.51. The first-order valence-corrected chi connectivity index (χ1v) is 9.81. The molecule has 1 amide bonds. The van der Waals surface area contributed by atoms with Crippen molar-refractivity contribution in [3.63, 3.8) is 0 Å². The Hall–Kier alpha value is -0.960. The molecule has 1 aliphatic rings. The van der Waals surface area contributed by atoms with Crippen LogP contribution in [0.1, 0.15) is 20.3 Å². The molecule has 2 heterocycles. The molecule has 1 aromatic rings. The van der Waals surface area contributed by atoms with Crippen LogP contribution < -0.4 is 5.32 Å². The summed E-state index contributed by atoms with van der Waals surface area (Å²) in [6.07, 6.45) is 0.901. The highest BCUT2D eigenvalue weighted by Crippen LogP contribution is 2.21. The van der Waals surface area contributed by atoms with Crippen LogP contribution in [-0.4, -0.2) is 62.3 Å². The minimum atomic E-state index is -3.37. The van der Waals surface area contributed by atoms with Gasteiger partial charge in [-0.3, -0.25) is 9.69 Å². The van der Waals surface area contributed by atoms with Crippen LogP contribution in [0.3, 0.4) is 0 Å². The van der Waals surface area contributed by atoms with Crippen molar-refractivity contribution in [1.82, 2.24) is 14.5 Å². The number of carbonyl (C=O) groups excluding carboxylic acids is 1. The van der Waals surface area contributed by atoms with Crippen LogP contribution >= 0.6 is 11.3 Å². The summed E-state index contributed by atoms with van der Waals surface area (Å²) >= 11 is 1.24. The number of amides is 1. The van der Waals surface area contributed by atoms with Crippen LogP contribution in [0.25, 0.3) is 0 Å². The van der Waals surface area contributed by atoms with Gasteiger partial charge in [0.05, 0.1) is 6.54 Å². The van der Waals surface area contributed by atoms with Gasteiger partial charge in [0, 0.05) is 32.2 Å². The molecule has 0 aliphatic carbocycles. The van der Waals surface area contributed by atoms with E-state index >= 15 is 0 Å². The fourth-order valence-corrected chi connectivity index (χ4v) is 4.86. The molecule has 0 aromatic carbocycles. The lowest BCUT2D eigenvalue weighted by Gasteiger charge is -2.33. The van der Waals surface area contributed by atoms with Crippen LogP contribution in [0.4, 0.5) is 0 Å². The van der Waals surface area contributed by atoms with Gasteiger partial charge < -0.3 is 5.32 Å². The molecular weight excluding hydrogens is 322 g/mol. The smallest absolute Gasteiger partial charge is 0.252 e. The Labute approximate surface area is 136 Å². The quantitative estimate of drug-likeness (QED) is 0.834. The average Bonchev–Trinajstić information content (AvgIpc) is 3.02. The van der Waals surface area contributed by atoms with Crippen LogP contribution in [0.5, 0.6) is 0 Å². The number of rotatable bonds is 6. The van der Waals surface area contributed by atoms with Crippen molar-refractivity contribution in [1.29, 1.82) is 0 Å². The van der Waals surface area contributed by atoms with Gasteiger partial charge in [-0.25, -0.2) is 8.42 Å². The summed E-state index contributed by atoms with van der Waals surface area (Å²) in [5, 5.41) is 4.70. The van der Waals surface area contributed by atoms with Crippen molar-refractivity contribution in [3.05, 3.63) is 17.5 Å². The van der Waals surface area contributed by atoms with Crippen molar-refractivity contribution in [2.75, 3.05) is 32.7 Å². The van der Waals surface area contributed by atoms with E-state index in [2.05, 4.69) is 5.32 Å². The Kier molecular flexibility index (Phi) is 5.96. The SMILES string of the molecule is CCC(C)NC(=O)CN1CCN(S(=O)(=O)c2cccs2)CC1. The van der Waals surface area contributed by atoms with E-state index in [4.69, 9.17) is 0 Å². The minimum Gasteiger partial charge on any atom is -0.353 e. The summed E-state index contributed by atoms with van der Waals surface area (Å²) < 4.78 is 26.7. The summed E-state index contributed by atoms with van der Waals surface area (Å²) in [6, 6.07) is 3.55. The number of hydrogen-bond donors (Lipinski definition) is 1. The number of nitrogens with zero attached hydrogens (tertiary/aromatic N) is 2. The molecular formula is C14H23N3O3S2. The van der Waals surface area contributed by atoms with Crippen LogP contribution in [0, 0.1) is 0 Å². The zero-order valence-electron chi connectivity index (χ0n) is 13.0. The second-order valence-corrected chi connectivity index (χ2v) is 8.60. The molecule has 0 radical (unpaired) electrons. The van der Waals surface area contributed by atoms with Gasteiger partial charge in [0.1, 0.15) is 4.21 Å². The van der Waals surface area contributed by atoms with Crippen molar-refractivity contribution < 1.29 is 13.2 Å². The molecule has 8 heteroatoms. The van der Waals surface area contributed by atoms with E-state index in [0.29, 0.717) is 36.9 Å². The predicted octanol–water partition coefficient (Wildman–Crippen LogP) is 0.969. The van der Waals surface area contributed by atoms with Gasteiger partial charge >= 0.3 is 0 Å². The Morgan fingerprint density at radius 2 is 2.05 bits per heavy atom. The van der Waals surface area contributed by atoms with Gasteiger partial charge in [0.2, 0.25) is 5.91 Å². The maximum Gasteiger partial charge on any atom is 0.252 e. The predicted molar refractivity (Wildman–Crippen MR) is 87.4 cm³/mol. The fraction of sp³-hybridized carbons (Fsp3) is 0.643. The van der Waals surface area contributed by atoms with Gasteiger partial charge in [-0.1, -0.05) is 13.0 Å². The largest absolute Gasteiger partial charge is 0.353 e. The molecule has 2 rings (SSSR count). The lowest BCUT2D eigenvalue weighted by atomic mass is 10.2. The number of nitrogens with one attached hydrogen (secondary N) is 1. The van der Waals surface area contributed by atoms with E-state index in [1.807, 2.05) is 18.7 Å². The molecule has 0 saturated carbocycles. The highest BCUT2D eigenvalue weighted by molar-refractivity contribution is 7.91. The first kappa shape index (κ1) is 17.4. The number of hydrogen-bond acceptors (Lipinski definition) is 5. The first-order chi connectivity index (χ1) is 10.4. The standard InChI is InChI=1S/C14H23N3O3S2/c1-3-12(2)15-13(18)11-16-6-8-17(9-7-16)22(19,20)14-5-4-10-21-14/h4-5,10,12H,3,6-9,11H2,1-2H3,(H,15,18). The fourth-order valence-electron chi connectivity index (χ4n) is 2.29. The summed E-state index contributed by atoms with van der Waals surface area (Å²) in [4.78, 5) is 13.9. The highest BCUT2D eigenvalue weighted by atomic mass is 32.2. The molecule has 0 bridgehead atoms. The summed E-state index contributed by atoms with van der Waals surface area (Å²) in [6.45, 7) is 6.35. The van der Waals surface area contributed by atoms with Crippen molar-refractivity contribution in [3.8, 4) is 0 Å². The van der Waals surface area contributed by atoms with Crippen LogP contribution in [0.15, 0.2) is 21.7 Å². The molecule has 124 valence electrons. The van der Waals surface area contributed by atoms with Gasteiger partial charge in [0.25, 0.3) is 10.0 Å². The average molecular weight is 345 g/mol. The Balaban J connectivity index is 1.85. The molecule has 1 atom stereocenters. The molecule has 1 saturated heterocycles. The number of carbonyl (C=O) groups is 1. The van der Waals surface area contributed by atoms with E-state index in [9.17, 15) is 13.2 Å². The Bertz CT molecular complexity index is 578. The third kappa shape index (κ3) is 4.28. The second-order valence-electron chi connectivity index (χ2n) is 5.49. The number of sulfonamides is 1. The molecule has 1 fully saturated rings. The molecule has 1 aliphatic heterocycles. The van der Waals surface area contributed by atoms with Crippen LogP contribution in [-0.2, 0) is 14.8 Å². The second kappa shape index (κ2) is 7.54. The van der Waals surface area contributed by atoms with Gasteiger partial charge in [-0.15, -0.1) is 11.3 Å². The van der Waals surface area contributed by atoms with Crippen molar-refractivity contribution >= 4 is 27.3 Å². The van der Waals surface area contributed by atoms with Gasteiger partial charge in [0.15, 0.2) is 0 Å².